The molecule has 2 rings (SSSR count). The number of hydrogen-bond acceptors (Lipinski definition) is 4. The van der Waals surface area contributed by atoms with Crippen LogP contribution in [0.3, 0.4) is 0 Å². The number of nitro groups is 1. The molecular formula is C15H13NO4S. The molecule has 0 saturated carbocycles. The number of carbonyl (C=O) groups is 1. The lowest BCUT2D eigenvalue weighted by Crippen LogP contribution is -2.03. The molecule has 0 spiro atoms. The van der Waals surface area contributed by atoms with Crippen molar-refractivity contribution in [2.75, 3.05) is 0 Å². The van der Waals surface area contributed by atoms with E-state index in [2.05, 4.69) is 0 Å². The van der Waals surface area contributed by atoms with Crippen LogP contribution in [0.15, 0.2) is 53.4 Å². The van der Waals surface area contributed by atoms with E-state index in [0.29, 0.717) is 0 Å². The van der Waals surface area contributed by atoms with Crippen LogP contribution in [0.1, 0.15) is 11.1 Å². The standard InChI is InChI=1S/C15H13NO4S/c17-15(18)9-12-8-13(6-7-14(12)16(19)20)21-10-11-4-2-1-3-5-11/h1-8H,9-10H2,(H,17,18). The predicted octanol–water partition coefficient (Wildman–Crippen LogP) is 3.51. The number of thioether (sulfide) groups is 1. The highest BCUT2D eigenvalue weighted by atomic mass is 32.2. The first-order valence-electron chi connectivity index (χ1n) is 6.22. The summed E-state index contributed by atoms with van der Waals surface area (Å²) in [5, 5.41) is 19.7. The van der Waals surface area contributed by atoms with Gasteiger partial charge in [-0.1, -0.05) is 30.3 Å². The highest BCUT2D eigenvalue weighted by Crippen LogP contribution is 2.28. The number of aliphatic carboxylic acids is 1. The van der Waals surface area contributed by atoms with Crippen molar-refractivity contribution in [2.45, 2.75) is 17.1 Å². The highest BCUT2D eigenvalue weighted by molar-refractivity contribution is 7.98. The fourth-order valence-electron chi connectivity index (χ4n) is 1.88. The van der Waals surface area contributed by atoms with Crippen molar-refractivity contribution < 1.29 is 14.8 Å². The number of carboxylic acid groups (broad SMARTS) is 1. The number of hydrogen-bond donors (Lipinski definition) is 1. The summed E-state index contributed by atoms with van der Waals surface area (Å²) < 4.78 is 0. The van der Waals surface area contributed by atoms with Gasteiger partial charge in [0.1, 0.15) is 0 Å². The van der Waals surface area contributed by atoms with Crippen molar-refractivity contribution in [1.29, 1.82) is 0 Å². The number of rotatable bonds is 6. The van der Waals surface area contributed by atoms with E-state index in [9.17, 15) is 14.9 Å². The third-order valence-corrected chi connectivity index (χ3v) is 3.90. The summed E-state index contributed by atoms with van der Waals surface area (Å²) in [7, 11) is 0. The lowest BCUT2D eigenvalue weighted by Gasteiger charge is -2.05. The van der Waals surface area contributed by atoms with Crippen LogP contribution in [-0.4, -0.2) is 16.0 Å². The maximum absolute atomic E-state index is 10.9. The van der Waals surface area contributed by atoms with E-state index in [1.165, 1.54) is 17.8 Å². The molecule has 0 bridgehead atoms. The Morgan fingerprint density at radius 1 is 1.19 bits per heavy atom. The van der Waals surface area contributed by atoms with Crippen LogP contribution < -0.4 is 0 Å². The molecule has 0 amide bonds. The third-order valence-electron chi connectivity index (χ3n) is 2.84. The summed E-state index contributed by atoms with van der Waals surface area (Å²) in [4.78, 5) is 22.0. The van der Waals surface area contributed by atoms with Crippen molar-refractivity contribution >= 4 is 23.4 Å². The predicted molar refractivity (Wildman–Crippen MR) is 80.4 cm³/mol. The van der Waals surface area contributed by atoms with Gasteiger partial charge in [-0.25, -0.2) is 0 Å². The molecule has 0 aliphatic heterocycles. The molecule has 1 N–H and O–H groups in total. The number of carboxylic acids is 1. The van der Waals surface area contributed by atoms with Gasteiger partial charge >= 0.3 is 5.97 Å². The van der Waals surface area contributed by atoms with Gasteiger partial charge in [-0.05, 0) is 17.7 Å². The number of nitrogens with zero attached hydrogens (tertiary/aromatic N) is 1. The number of benzene rings is 2. The van der Waals surface area contributed by atoms with Gasteiger partial charge in [0.15, 0.2) is 0 Å². The molecule has 0 aliphatic carbocycles. The fourth-order valence-corrected chi connectivity index (χ4v) is 2.79. The highest BCUT2D eigenvalue weighted by Gasteiger charge is 2.16. The van der Waals surface area contributed by atoms with Crippen LogP contribution >= 0.6 is 11.8 Å². The Morgan fingerprint density at radius 2 is 1.90 bits per heavy atom. The van der Waals surface area contributed by atoms with Gasteiger partial charge in [0.2, 0.25) is 0 Å². The molecule has 0 atom stereocenters. The summed E-state index contributed by atoms with van der Waals surface area (Å²) >= 11 is 1.52. The van der Waals surface area contributed by atoms with Crippen molar-refractivity contribution in [3.63, 3.8) is 0 Å². The maximum atomic E-state index is 10.9. The molecule has 21 heavy (non-hydrogen) atoms. The summed E-state index contributed by atoms with van der Waals surface area (Å²) in [6.45, 7) is 0. The smallest absolute Gasteiger partial charge is 0.308 e. The first-order valence-corrected chi connectivity index (χ1v) is 7.20. The van der Waals surface area contributed by atoms with Crippen molar-refractivity contribution in [2.24, 2.45) is 0 Å². The van der Waals surface area contributed by atoms with Crippen LogP contribution in [-0.2, 0) is 17.0 Å². The van der Waals surface area contributed by atoms with Crippen LogP contribution in [0.4, 0.5) is 5.69 Å². The van der Waals surface area contributed by atoms with E-state index in [1.54, 1.807) is 12.1 Å². The molecule has 6 heteroatoms. The molecule has 0 radical (unpaired) electrons. The third kappa shape index (κ3) is 4.32. The molecule has 0 aromatic heterocycles. The molecule has 0 heterocycles. The largest absolute Gasteiger partial charge is 0.481 e. The molecule has 2 aromatic rings. The molecule has 0 aliphatic rings. The SMILES string of the molecule is O=C(O)Cc1cc(SCc2ccccc2)ccc1[N+](=O)[O-]. The van der Waals surface area contributed by atoms with Gasteiger partial charge in [-0.3, -0.25) is 14.9 Å². The Hall–Kier alpha value is -2.34. The van der Waals surface area contributed by atoms with Crippen LogP contribution in [0.25, 0.3) is 0 Å². The van der Waals surface area contributed by atoms with Crippen molar-refractivity contribution in [1.82, 2.24) is 0 Å². The van der Waals surface area contributed by atoms with Gasteiger partial charge in [-0.2, -0.15) is 0 Å². The van der Waals surface area contributed by atoms with E-state index < -0.39 is 10.9 Å². The zero-order valence-corrected chi connectivity index (χ0v) is 11.9. The Balaban J connectivity index is 2.17. The Kier molecular flexibility index (Phi) is 4.94. The monoisotopic (exact) mass is 303 g/mol. The summed E-state index contributed by atoms with van der Waals surface area (Å²) in [5.41, 5.74) is 1.22. The number of nitro benzene ring substituents is 1. The minimum absolute atomic E-state index is 0.151. The second kappa shape index (κ2) is 6.90. The Morgan fingerprint density at radius 3 is 2.52 bits per heavy atom. The average Bonchev–Trinajstić information content (AvgIpc) is 2.45. The van der Waals surface area contributed by atoms with Gasteiger partial charge in [-0.15, -0.1) is 11.8 Å². The quantitative estimate of drug-likeness (QED) is 0.502. The lowest BCUT2D eigenvalue weighted by atomic mass is 10.1. The molecule has 108 valence electrons. The van der Waals surface area contributed by atoms with Gasteiger partial charge in [0, 0.05) is 22.3 Å². The summed E-state index contributed by atoms with van der Waals surface area (Å²) in [6, 6.07) is 14.4. The van der Waals surface area contributed by atoms with E-state index in [0.717, 1.165) is 16.2 Å². The van der Waals surface area contributed by atoms with Crippen LogP contribution in [0, 0.1) is 10.1 Å². The van der Waals surface area contributed by atoms with E-state index in [1.807, 2.05) is 30.3 Å². The van der Waals surface area contributed by atoms with Crippen molar-refractivity contribution in [3.05, 3.63) is 69.8 Å². The average molecular weight is 303 g/mol. The van der Waals surface area contributed by atoms with Gasteiger partial charge < -0.3 is 5.11 Å². The van der Waals surface area contributed by atoms with Crippen LogP contribution in [0.5, 0.6) is 0 Å². The van der Waals surface area contributed by atoms with Crippen molar-refractivity contribution in [3.8, 4) is 0 Å². The zero-order chi connectivity index (χ0) is 15.2. The Labute approximate surface area is 125 Å². The van der Waals surface area contributed by atoms with E-state index in [4.69, 9.17) is 5.11 Å². The molecule has 0 unspecified atom stereocenters. The lowest BCUT2D eigenvalue weighted by molar-refractivity contribution is -0.385. The first-order chi connectivity index (χ1) is 10.1. The zero-order valence-electron chi connectivity index (χ0n) is 11.1. The summed E-state index contributed by atoms with van der Waals surface area (Å²) in [6.07, 6.45) is -0.351. The molecule has 5 nitrogen and oxygen atoms in total. The van der Waals surface area contributed by atoms with Crippen LogP contribution in [0.2, 0.25) is 0 Å². The second-order valence-corrected chi connectivity index (χ2v) is 5.44. The minimum atomic E-state index is -1.08. The fraction of sp³-hybridized carbons (Fsp3) is 0.133. The summed E-state index contributed by atoms with van der Waals surface area (Å²) in [5.74, 6) is -0.353. The minimum Gasteiger partial charge on any atom is -0.481 e. The Bertz CT molecular complexity index is 658. The molecule has 0 saturated heterocycles. The maximum Gasteiger partial charge on any atom is 0.308 e. The molecule has 2 aromatic carbocycles. The van der Waals surface area contributed by atoms with Gasteiger partial charge in [0.05, 0.1) is 11.3 Å². The topological polar surface area (TPSA) is 80.4 Å². The first kappa shape index (κ1) is 15.1. The molecular weight excluding hydrogens is 290 g/mol. The van der Waals surface area contributed by atoms with E-state index in [-0.39, 0.29) is 17.7 Å². The normalized spacial score (nSPS) is 10.3. The van der Waals surface area contributed by atoms with E-state index >= 15 is 0 Å². The second-order valence-electron chi connectivity index (χ2n) is 4.39. The van der Waals surface area contributed by atoms with Gasteiger partial charge in [0.25, 0.3) is 5.69 Å². The molecule has 0 fully saturated rings.